The molecule has 0 saturated heterocycles. The highest BCUT2D eigenvalue weighted by molar-refractivity contribution is 7.19. The van der Waals surface area contributed by atoms with Gasteiger partial charge in [0.05, 0.1) is 16.3 Å². The van der Waals surface area contributed by atoms with Crippen molar-refractivity contribution < 1.29 is 4.79 Å². The van der Waals surface area contributed by atoms with Crippen LogP contribution in [-0.2, 0) is 0 Å². The fraction of sp³-hybridized carbons (Fsp3) is 0.0714. The third-order valence-electron chi connectivity index (χ3n) is 2.80. The van der Waals surface area contributed by atoms with Crippen LogP contribution in [0.5, 0.6) is 0 Å². The zero-order valence-corrected chi connectivity index (χ0v) is 13.3. The molecule has 0 bridgehead atoms. The van der Waals surface area contributed by atoms with E-state index in [1.165, 1.54) is 22.7 Å². The van der Waals surface area contributed by atoms with E-state index in [0.29, 0.717) is 10.3 Å². The van der Waals surface area contributed by atoms with Gasteiger partial charge in [-0.15, -0.1) is 11.3 Å². The van der Waals surface area contributed by atoms with Crippen LogP contribution in [-0.4, -0.2) is 16.0 Å². The Hall–Kier alpha value is -2.45. The molecule has 8 heteroatoms. The molecule has 2 heterocycles. The minimum absolute atomic E-state index is 0.329. The van der Waals surface area contributed by atoms with E-state index in [0.717, 1.165) is 22.0 Å². The molecule has 0 radical (unpaired) electrons. The van der Waals surface area contributed by atoms with E-state index in [2.05, 4.69) is 20.6 Å². The number of carbonyl (C=O) groups is 1. The largest absolute Gasteiger partial charge is 0.375 e. The van der Waals surface area contributed by atoms with Crippen LogP contribution in [0.3, 0.4) is 0 Å². The first kappa shape index (κ1) is 14.5. The molecule has 2 aromatic heterocycles. The van der Waals surface area contributed by atoms with E-state index in [9.17, 15) is 4.79 Å². The molecule has 1 aromatic carbocycles. The molecule has 3 aromatic rings. The van der Waals surface area contributed by atoms with Crippen LogP contribution < -0.4 is 16.4 Å². The van der Waals surface area contributed by atoms with Gasteiger partial charge >= 0.3 is 6.03 Å². The number of aryl methyl sites for hydroxylation is 1. The van der Waals surface area contributed by atoms with Gasteiger partial charge in [-0.25, -0.2) is 14.8 Å². The Morgan fingerprint density at radius 1 is 1.18 bits per heavy atom. The molecule has 0 aliphatic heterocycles. The van der Waals surface area contributed by atoms with Crippen molar-refractivity contribution in [2.45, 2.75) is 6.92 Å². The molecule has 0 aliphatic rings. The van der Waals surface area contributed by atoms with Crippen molar-refractivity contribution in [2.24, 2.45) is 0 Å². The van der Waals surface area contributed by atoms with Crippen molar-refractivity contribution in [3.63, 3.8) is 0 Å². The normalized spacial score (nSPS) is 10.4. The monoisotopic (exact) mass is 331 g/mol. The molecule has 0 fully saturated rings. The Morgan fingerprint density at radius 3 is 2.64 bits per heavy atom. The number of amides is 2. The second-order valence-electron chi connectivity index (χ2n) is 4.45. The first-order valence-electron chi connectivity index (χ1n) is 6.43. The van der Waals surface area contributed by atoms with E-state index in [-0.39, 0.29) is 6.03 Å². The molecule has 112 valence electrons. The van der Waals surface area contributed by atoms with Gasteiger partial charge in [-0.05, 0) is 19.1 Å². The van der Waals surface area contributed by atoms with Crippen LogP contribution in [0.25, 0.3) is 10.6 Å². The van der Waals surface area contributed by atoms with Crippen molar-refractivity contribution >= 4 is 44.7 Å². The first-order valence-corrected chi connectivity index (χ1v) is 8.13. The molecule has 0 spiro atoms. The third-order valence-corrected chi connectivity index (χ3v) is 4.57. The number of aromatic nitrogens is 2. The molecule has 0 atom stereocenters. The number of rotatable bonds is 3. The Kier molecular flexibility index (Phi) is 4.03. The molecule has 3 rings (SSSR count). The van der Waals surface area contributed by atoms with Crippen LogP contribution >= 0.6 is 22.7 Å². The predicted octanol–water partition coefficient (Wildman–Crippen LogP) is 3.80. The smallest absolute Gasteiger partial charge is 0.325 e. The molecule has 0 aliphatic carbocycles. The summed E-state index contributed by atoms with van der Waals surface area (Å²) in [6, 6.07) is 8.90. The van der Waals surface area contributed by atoms with E-state index in [1.807, 2.05) is 42.6 Å². The average Bonchev–Trinajstić information content (AvgIpc) is 3.06. The van der Waals surface area contributed by atoms with Gasteiger partial charge in [0.25, 0.3) is 0 Å². The Labute approximate surface area is 135 Å². The fourth-order valence-corrected chi connectivity index (χ4v) is 3.41. The topological polar surface area (TPSA) is 92.9 Å². The van der Waals surface area contributed by atoms with E-state index in [1.54, 1.807) is 0 Å². The number of nitrogen functional groups attached to an aromatic ring is 1. The summed E-state index contributed by atoms with van der Waals surface area (Å²) in [7, 11) is 0. The Bertz CT molecular complexity index is 797. The number of anilines is 3. The van der Waals surface area contributed by atoms with Gasteiger partial charge in [0.2, 0.25) is 0 Å². The maximum atomic E-state index is 12.0. The number of hydrogen-bond donors (Lipinski definition) is 3. The molecule has 2 amide bonds. The van der Waals surface area contributed by atoms with Crippen molar-refractivity contribution in [1.29, 1.82) is 0 Å². The summed E-state index contributed by atoms with van der Waals surface area (Å²) in [4.78, 5) is 21.4. The number of nitrogens with two attached hydrogens (primary N) is 1. The Balaban J connectivity index is 1.72. The molecular formula is C14H13N5OS2. The number of hydrogen-bond acceptors (Lipinski definition) is 6. The third kappa shape index (κ3) is 3.23. The van der Waals surface area contributed by atoms with Gasteiger partial charge in [0, 0.05) is 11.1 Å². The summed E-state index contributed by atoms with van der Waals surface area (Å²) in [6.07, 6.45) is 0. The predicted molar refractivity (Wildman–Crippen MR) is 91.5 cm³/mol. The van der Waals surface area contributed by atoms with Crippen LogP contribution in [0.2, 0.25) is 0 Å². The number of carbonyl (C=O) groups excluding carboxylic acids is 1. The lowest BCUT2D eigenvalue weighted by Crippen LogP contribution is -2.19. The van der Waals surface area contributed by atoms with Crippen molar-refractivity contribution in [2.75, 3.05) is 16.4 Å². The van der Waals surface area contributed by atoms with E-state index in [4.69, 9.17) is 5.73 Å². The van der Waals surface area contributed by atoms with Gasteiger partial charge in [0.15, 0.2) is 10.3 Å². The lowest BCUT2D eigenvalue weighted by Gasteiger charge is -2.04. The number of nitrogens with zero attached hydrogens (tertiary/aromatic N) is 2. The SMILES string of the molecule is Cc1nc(NC(=O)Nc2ccccc2)sc1-c1csc(N)n1. The van der Waals surface area contributed by atoms with E-state index < -0.39 is 0 Å². The summed E-state index contributed by atoms with van der Waals surface area (Å²) < 4.78 is 0. The van der Waals surface area contributed by atoms with Gasteiger partial charge in [-0.2, -0.15) is 0 Å². The zero-order chi connectivity index (χ0) is 15.5. The van der Waals surface area contributed by atoms with Gasteiger partial charge < -0.3 is 11.1 Å². The highest BCUT2D eigenvalue weighted by Gasteiger charge is 2.14. The van der Waals surface area contributed by atoms with Crippen LogP contribution in [0.4, 0.5) is 20.7 Å². The molecule has 6 nitrogen and oxygen atoms in total. The van der Waals surface area contributed by atoms with Gasteiger partial charge in [-0.3, -0.25) is 5.32 Å². The van der Waals surface area contributed by atoms with E-state index >= 15 is 0 Å². The quantitative estimate of drug-likeness (QED) is 0.680. The first-order chi connectivity index (χ1) is 10.6. The number of urea groups is 1. The van der Waals surface area contributed by atoms with Crippen molar-refractivity contribution in [3.8, 4) is 10.6 Å². The Morgan fingerprint density at radius 2 is 1.95 bits per heavy atom. The molecule has 22 heavy (non-hydrogen) atoms. The average molecular weight is 331 g/mol. The molecule has 0 unspecified atom stereocenters. The molecular weight excluding hydrogens is 318 g/mol. The highest BCUT2D eigenvalue weighted by atomic mass is 32.1. The highest BCUT2D eigenvalue weighted by Crippen LogP contribution is 2.33. The maximum Gasteiger partial charge on any atom is 0.325 e. The van der Waals surface area contributed by atoms with Crippen molar-refractivity contribution in [1.82, 2.24) is 9.97 Å². The maximum absolute atomic E-state index is 12.0. The number of benzene rings is 1. The standard InChI is InChI=1S/C14H13N5OS2/c1-8-11(10-7-21-12(15)18-10)22-14(16-8)19-13(20)17-9-5-3-2-4-6-9/h2-7H,1H3,(H2,15,18)(H2,16,17,19,20). The van der Waals surface area contributed by atoms with Crippen molar-refractivity contribution in [3.05, 3.63) is 41.4 Å². The second kappa shape index (κ2) is 6.12. The summed E-state index contributed by atoms with van der Waals surface area (Å²) in [6.45, 7) is 1.88. The second-order valence-corrected chi connectivity index (χ2v) is 6.34. The summed E-state index contributed by atoms with van der Waals surface area (Å²) in [5.74, 6) is 0. The summed E-state index contributed by atoms with van der Waals surface area (Å²) in [5, 5.41) is 8.39. The molecule has 4 N–H and O–H groups in total. The minimum Gasteiger partial charge on any atom is -0.375 e. The summed E-state index contributed by atoms with van der Waals surface area (Å²) in [5.41, 5.74) is 7.97. The zero-order valence-electron chi connectivity index (χ0n) is 11.7. The lowest BCUT2D eigenvalue weighted by atomic mass is 10.3. The van der Waals surface area contributed by atoms with Gasteiger partial charge in [-0.1, -0.05) is 29.5 Å². The molecule has 0 saturated carbocycles. The van der Waals surface area contributed by atoms with Crippen LogP contribution in [0.1, 0.15) is 5.69 Å². The van der Waals surface area contributed by atoms with Crippen LogP contribution in [0, 0.1) is 6.92 Å². The summed E-state index contributed by atoms with van der Waals surface area (Å²) >= 11 is 2.75. The number of para-hydroxylation sites is 1. The van der Waals surface area contributed by atoms with Gasteiger partial charge in [0.1, 0.15) is 0 Å². The minimum atomic E-state index is -0.329. The lowest BCUT2D eigenvalue weighted by molar-refractivity contribution is 0.262. The number of thiazole rings is 2. The van der Waals surface area contributed by atoms with Crippen LogP contribution in [0.15, 0.2) is 35.7 Å². The number of nitrogens with one attached hydrogen (secondary N) is 2. The fourth-order valence-electron chi connectivity index (χ4n) is 1.86.